The molecule has 114 valence electrons. The van der Waals surface area contributed by atoms with E-state index in [2.05, 4.69) is 10.6 Å². The summed E-state index contributed by atoms with van der Waals surface area (Å²) in [5.41, 5.74) is 0. The molecule has 20 heavy (non-hydrogen) atoms. The second kappa shape index (κ2) is 8.36. The molecule has 0 aromatic carbocycles. The number of carboxylic acid groups (broad SMARTS) is 1. The van der Waals surface area contributed by atoms with Gasteiger partial charge in [-0.25, -0.2) is 9.59 Å². The van der Waals surface area contributed by atoms with E-state index in [9.17, 15) is 14.4 Å². The normalized spacial score (nSPS) is 17.1. The number of rotatable bonds is 6. The number of amides is 3. The fraction of sp³-hybridized carbons (Fsp3) is 0.750. The Morgan fingerprint density at radius 2 is 2.30 bits per heavy atom. The first-order valence-electron chi connectivity index (χ1n) is 6.58. The molecule has 0 radical (unpaired) electrons. The summed E-state index contributed by atoms with van der Waals surface area (Å²) in [5.74, 6) is -1.32. The van der Waals surface area contributed by atoms with Crippen LogP contribution in [0.5, 0.6) is 0 Å². The molecule has 1 unspecified atom stereocenters. The lowest BCUT2D eigenvalue weighted by atomic mass is 10.1. The quantitative estimate of drug-likeness (QED) is 0.565. The van der Waals surface area contributed by atoms with Crippen LogP contribution < -0.4 is 10.6 Å². The number of urea groups is 1. The van der Waals surface area contributed by atoms with Crippen molar-refractivity contribution in [3.8, 4) is 0 Å². The van der Waals surface area contributed by atoms with E-state index in [1.165, 1.54) is 12.0 Å². The molecule has 8 nitrogen and oxygen atoms in total. The Balaban J connectivity index is 2.51. The lowest BCUT2D eigenvalue weighted by Crippen LogP contribution is -2.49. The maximum atomic E-state index is 12.0. The van der Waals surface area contributed by atoms with Crippen molar-refractivity contribution in [3.63, 3.8) is 0 Å². The molecular formula is C12H21N3O5. The molecule has 1 fully saturated rings. The fourth-order valence-electron chi connectivity index (χ4n) is 1.91. The molecule has 1 saturated heterocycles. The van der Waals surface area contributed by atoms with Crippen LogP contribution in [-0.2, 0) is 14.3 Å². The second-order valence-electron chi connectivity index (χ2n) is 4.60. The average molecular weight is 287 g/mol. The molecule has 3 N–H and O–H groups in total. The first kappa shape index (κ1) is 16.2. The third kappa shape index (κ3) is 5.43. The third-order valence-corrected chi connectivity index (χ3v) is 2.99. The number of hydrogen-bond donors (Lipinski definition) is 3. The van der Waals surface area contributed by atoms with Crippen LogP contribution in [-0.4, -0.2) is 67.3 Å². The number of carbonyl (C=O) groups is 3. The SMILES string of the molecule is COCCCC(NC(=O)N1CCCNC(=O)C1)C(=O)O. The number of methoxy groups -OCH3 is 1. The van der Waals surface area contributed by atoms with Crippen molar-refractivity contribution in [3.05, 3.63) is 0 Å². The van der Waals surface area contributed by atoms with Gasteiger partial charge in [0.15, 0.2) is 0 Å². The molecule has 0 bridgehead atoms. The molecule has 0 aromatic rings. The molecule has 3 amide bonds. The minimum atomic E-state index is -1.09. The summed E-state index contributed by atoms with van der Waals surface area (Å²) >= 11 is 0. The number of carboxylic acids is 1. The lowest BCUT2D eigenvalue weighted by molar-refractivity contribution is -0.139. The van der Waals surface area contributed by atoms with Gasteiger partial charge in [0.1, 0.15) is 12.6 Å². The van der Waals surface area contributed by atoms with E-state index in [1.807, 2.05) is 0 Å². The predicted octanol–water partition coefficient (Wildman–Crippen LogP) is -0.602. The van der Waals surface area contributed by atoms with E-state index in [0.29, 0.717) is 32.5 Å². The van der Waals surface area contributed by atoms with Crippen molar-refractivity contribution in [2.24, 2.45) is 0 Å². The maximum Gasteiger partial charge on any atom is 0.326 e. The zero-order chi connectivity index (χ0) is 15.0. The number of hydrogen-bond acceptors (Lipinski definition) is 4. The van der Waals surface area contributed by atoms with Crippen molar-refractivity contribution in [2.75, 3.05) is 33.4 Å². The molecule has 1 heterocycles. The van der Waals surface area contributed by atoms with Crippen LogP contribution >= 0.6 is 0 Å². The molecular weight excluding hydrogens is 266 g/mol. The maximum absolute atomic E-state index is 12.0. The summed E-state index contributed by atoms with van der Waals surface area (Å²) in [6.45, 7) is 1.34. The van der Waals surface area contributed by atoms with Gasteiger partial charge in [-0.3, -0.25) is 4.79 Å². The van der Waals surface area contributed by atoms with Crippen molar-refractivity contribution in [1.82, 2.24) is 15.5 Å². The number of nitrogens with zero attached hydrogens (tertiary/aromatic N) is 1. The van der Waals surface area contributed by atoms with Crippen LogP contribution in [0.4, 0.5) is 4.79 Å². The molecule has 1 aliphatic rings. The Hall–Kier alpha value is -1.83. The van der Waals surface area contributed by atoms with Gasteiger partial charge in [-0.2, -0.15) is 0 Å². The van der Waals surface area contributed by atoms with Crippen LogP contribution in [0.1, 0.15) is 19.3 Å². The Morgan fingerprint density at radius 1 is 1.55 bits per heavy atom. The van der Waals surface area contributed by atoms with Crippen LogP contribution in [0.3, 0.4) is 0 Å². The van der Waals surface area contributed by atoms with E-state index >= 15 is 0 Å². The Labute approximate surface area is 117 Å². The molecule has 1 aliphatic heterocycles. The van der Waals surface area contributed by atoms with Gasteiger partial charge in [0.2, 0.25) is 5.91 Å². The van der Waals surface area contributed by atoms with Gasteiger partial charge in [-0.15, -0.1) is 0 Å². The highest BCUT2D eigenvalue weighted by Gasteiger charge is 2.25. The van der Waals surface area contributed by atoms with Crippen molar-refractivity contribution in [1.29, 1.82) is 0 Å². The highest BCUT2D eigenvalue weighted by atomic mass is 16.5. The summed E-state index contributed by atoms with van der Waals surface area (Å²) in [6.07, 6.45) is 1.48. The van der Waals surface area contributed by atoms with Gasteiger partial charge >= 0.3 is 12.0 Å². The van der Waals surface area contributed by atoms with E-state index in [0.717, 1.165) is 0 Å². The zero-order valence-electron chi connectivity index (χ0n) is 11.6. The molecule has 0 spiro atoms. The van der Waals surface area contributed by atoms with Gasteiger partial charge in [0, 0.05) is 26.8 Å². The number of carbonyl (C=O) groups excluding carboxylic acids is 2. The Bertz CT molecular complexity index is 361. The first-order chi connectivity index (χ1) is 9.54. The van der Waals surface area contributed by atoms with Gasteiger partial charge in [0.25, 0.3) is 0 Å². The van der Waals surface area contributed by atoms with Gasteiger partial charge in [-0.05, 0) is 19.3 Å². The number of aliphatic carboxylic acids is 1. The van der Waals surface area contributed by atoms with Gasteiger partial charge < -0.3 is 25.4 Å². The molecule has 0 saturated carbocycles. The van der Waals surface area contributed by atoms with Crippen LogP contribution in [0.2, 0.25) is 0 Å². The van der Waals surface area contributed by atoms with Gasteiger partial charge in [0.05, 0.1) is 0 Å². The van der Waals surface area contributed by atoms with Crippen molar-refractivity contribution >= 4 is 17.9 Å². The van der Waals surface area contributed by atoms with Crippen LogP contribution in [0, 0.1) is 0 Å². The summed E-state index contributed by atoms with van der Waals surface area (Å²) in [5, 5.41) is 14.2. The lowest BCUT2D eigenvalue weighted by Gasteiger charge is -2.22. The minimum absolute atomic E-state index is 0.0454. The van der Waals surface area contributed by atoms with Crippen molar-refractivity contribution < 1.29 is 24.2 Å². The largest absolute Gasteiger partial charge is 0.480 e. The van der Waals surface area contributed by atoms with Crippen molar-refractivity contribution in [2.45, 2.75) is 25.3 Å². The molecule has 8 heteroatoms. The highest BCUT2D eigenvalue weighted by molar-refractivity contribution is 5.86. The summed E-state index contributed by atoms with van der Waals surface area (Å²) in [7, 11) is 1.53. The fourth-order valence-corrected chi connectivity index (χ4v) is 1.91. The second-order valence-corrected chi connectivity index (χ2v) is 4.60. The van der Waals surface area contributed by atoms with Crippen LogP contribution in [0.25, 0.3) is 0 Å². The number of nitrogens with one attached hydrogen (secondary N) is 2. The van der Waals surface area contributed by atoms with E-state index in [-0.39, 0.29) is 18.9 Å². The topological polar surface area (TPSA) is 108 Å². The van der Waals surface area contributed by atoms with E-state index < -0.39 is 18.0 Å². The summed E-state index contributed by atoms with van der Waals surface area (Å²) < 4.78 is 4.85. The Morgan fingerprint density at radius 3 is 2.95 bits per heavy atom. The smallest absolute Gasteiger partial charge is 0.326 e. The Kier molecular flexibility index (Phi) is 6.78. The molecule has 0 aromatic heterocycles. The predicted molar refractivity (Wildman–Crippen MR) is 70.3 cm³/mol. The summed E-state index contributed by atoms with van der Waals surface area (Å²) in [6, 6.07) is -1.49. The number of ether oxygens (including phenoxy) is 1. The van der Waals surface area contributed by atoms with E-state index in [4.69, 9.17) is 9.84 Å². The minimum Gasteiger partial charge on any atom is -0.480 e. The van der Waals surface area contributed by atoms with Crippen LogP contribution in [0.15, 0.2) is 0 Å². The molecule has 0 aliphatic carbocycles. The first-order valence-corrected chi connectivity index (χ1v) is 6.58. The van der Waals surface area contributed by atoms with E-state index in [1.54, 1.807) is 0 Å². The standard InChI is InChI=1S/C12H21N3O5/c1-20-7-2-4-9(11(17)18)14-12(19)15-6-3-5-13-10(16)8-15/h9H,2-8H2,1H3,(H,13,16)(H,14,19)(H,17,18). The zero-order valence-corrected chi connectivity index (χ0v) is 11.6. The summed E-state index contributed by atoms with van der Waals surface area (Å²) in [4.78, 5) is 35.8. The average Bonchev–Trinajstić information content (AvgIpc) is 2.62. The molecule has 1 rings (SSSR count). The van der Waals surface area contributed by atoms with Gasteiger partial charge in [-0.1, -0.05) is 0 Å². The highest BCUT2D eigenvalue weighted by Crippen LogP contribution is 2.02. The monoisotopic (exact) mass is 287 g/mol. The molecule has 1 atom stereocenters. The third-order valence-electron chi connectivity index (χ3n) is 2.99.